The summed E-state index contributed by atoms with van der Waals surface area (Å²) in [5.41, 5.74) is 3.86. The van der Waals surface area contributed by atoms with E-state index in [2.05, 4.69) is 29.4 Å². The zero-order valence-electron chi connectivity index (χ0n) is 13.1. The van der Waals surface area contributed by atoms with Crippen molar-refractivity contribution in [3.05, 3.63) is 70.7 Å². The van der Waals surface area contributed by atoms with Crippen LogP contribution in [0.3, 0.4) is 0 Å². The van der Waals surface area contributed by atoms with Gasteiger partial charge < -0.3 is 5.32 Å². The molecule has 0 unspecified atom stereocenters. The Morgan fingerprint density at radius 2 is 1.88 bits per heavy atom. The van der Waals surface area contributed by atoms with E-state index in [4.69, 9.17) is 5.26 Å². The summed E-state index contributed by atoms with van der Waals surface area (Å²) in [6.45, 7) is 2.12. The molecule has 0 bridgehead atoms. The van der Waals surface area contributed by atoms with Gasteiger partial charge in [0.15, 0.2) is 0 Å². The Bertz CT molecular complexity index is 890. The lowest BCUT2D eigenvalue weighted by atomic mass is 10.1. The molecular weight excluding hydrogens is 318 g/mol. The molecule has 24 heavy (non-hydrogen) atoms. The number of hydrogen-bond donors (Lipinski definition) is 1. The molecule has 3 aromatic rings. The predicted molar refractivity (Wildman–Crippen MR) is 96.0 cm³/mol. The van der Waals surface area contributed by atoms with Crippen LogP contribution in [0, 0.1) is 11.3 Å². The highest BCUT2D eigenvalue weighted by Crippen LogP contribution is 2.24. The fourth-order valence-corrected chi connectivity index (χ4v) is 3.02. The molecule has 0 radical (unpaired) electrons. The second kappa shape index (κ2) is 7.07. The molecule has 1 heterocycles. The molecule has 0 saturated carbocycles. The first-order chi connectivity index (χ1) is 11.7. The Hall–Kier alpha value is -2.97. The third kappa shape index (κ3) is 3.50. The van der Waals surface area contributed by atoms with Crippen LogP contribution in [0.2, 0.25) is 0 Å². The number of thiazole rings is 1. The number of aryl methyl sites for hydroxylation is 1. The van der Waals surface area contributed by atoms with E-state index in [0.29, 0.717) is 16.9 Å². The maximum atomic E-state index is 12.3. The Morgan fingerprint density at radius 1 is 1.17 bits per heavy atom. The third-order valence-electron chi connectivity index (χ3n) is 3.62. The van der Waals surface area contributed by atoms with E-state index in [9.17, 15) is 4.79 Å². The number of benzene rings is 2. The van der Waals surface area contributed by atoms with E-state index >= 15 is 0 Å². The summed E-state index contributed by atoms with van der Waals surface area (Å²) in [5.74, 6) is -0.257. The summed E-state index contributed by atoms with van der Waals surface area (Å²) in [5, 5.41) is 14.1. The Kier molecular flexibility index (Phi) is 4.69. The van der Waals surface area contributed by atoms with Crippen molar-refractivity contribution in [1.29, 1.82) is 5.26 Å². The number of nitrogens with zero attached hydrogens (tertiary/aromatic N) is 2. The third-order valence-corrected chi connectivity index (χ3v) is 4.51. The van der Waals surface area contributed by atoms with Crippen molar-refractivity contribution in [2.45, 2.75) is 13.3 Å². The largest absolute Gasteiger partial charge is 0.321 e. The second-order valence-electron chi connectivity index (χ2n) is 5.23. The number of nitrogens with one attached hydrogen (secondary N) is 1. The number of anilines is 1. The summed E-state index contributed by atoms with van der Waals surface area (Å²) in [6, 6.07) is 17.0. The molecule has 0 spiro atoms. The topological polar surface area (TPSA) is 65.8 Å². The van der Waals surface area contributed by atoms with Gasteiger partial charge in [-0.3, -0.25) is 4.79 Å². The first-order valence-electron chi connectivity index (χ1n) is 7.56. The second-order valence-corrected chi connectivity index (χ2v) is 6.09. The molecule has 0 atom stereocenters. The van der Waals surface area contributed by atoms with Gasteiger partial charge in [-0.05, 0) is 36.2 Å². The summed E-state index contributed by atoms with van der Waals surface area (Å²) in [6.07, 6.45) is 0.996. The lowest BCUT2D eigenvalue weighted by Crippen LogP contribution is -2.12. The molecule has 118 valence electrons. The Morgan fingerprint density at radius 3 is 2.50 bits per heavy atom. The minimum atomic E-state index is -0.257. The maximum Gasteiger partial charge on any atom is 0.275 e. The minimum absolute atomic E-state index is 0.257. The summed E-state index contributed by atoms with van der Waals surface area (Å²) >= 11 is 1.45. The van der Waals surface area contributed by atoms with Crippen LogP contribution < -0.4 is 5.32 Å². The summed E-state index contributed by atoms with van der Waals surface area (Å²) < 4.78 is 0. The van der Waals surface area contributed by atoms with Crippen LogP contribution in [0.1, 0.15) is 28.5 Å². The fraction of sp³-hybridized carbons (Fsp3) is 0.105. The first-order valence-corrected chi connectivity index (χ1v) is 8.44. The van der Waals surface area contributed by atoms with E-state index in [1.165, 1.54) is 16.9 Å². The van der Waals surface area contributed by atoms with Gasteiger partial charge in [-0.1, -0.05) is 31.2 Å². The minimum Gasteiger partial charge on any atom is -0.321 e. The van der Waals surface area contributed by atoms with Gasteiger partial charge in [-0.25, -0.2) is 4.98 Å². The van der Waals surface area contributed by atoms with Crippen molar-refractivity contribution in [2.75, 3.05) is 5.32 Å². The van der Waals surface area contributed by atoms with E-state index in [-0.39, 0.29) is 5.91 Å². The molecule has 1 N–H and O–H groups in total. The number of amides is 1. The van der Waals surface area contributed by atoms with Crippen molar-refractivity contribution in [3.63, 3.8) is 0 Å². The zero-order valence-corrected chi connectivity index (χ0v) is 13.9. The molecule has 0 saturated heterocycles. The highest BCUT2D eigenvalue weighted by Gasteiger charge is 2.12. The van der Waals surface area contributed by atoms with Crippen LogP contribution in [0.4, 0.5) is 5.69 Å². The molecule has 1 amide bonds. The summed E-state index contributed by atoms with van der Waals surface area (Å²) in [4.78, 5) is 16.7. The van der Waals surface area contributed by atoms with Gasteiger partial charge in [0, 0.05) is 16.6 Å². The van der Waals surface area contributed by atoms with Crippen molar-refractivity contribution >= 4 is 22.9 Å². The highest BCUT2D eigenvalue weighted by molar-refractivity contribution is 7.13. The van der Waals surface area contributed by atoms with Crippen LogP contribution >= 0.6 is 11.3 Å². The lowest BCUT2D eigenvalue weighted by molar-refractivity contribution is 0.102. The monoisotopic (exact) mass is 333 g/mol. The van der Waals surface area contributed by atoms with Gasteiger partial charge >= 0.3 is 0 Å². The number of carbonyl (C=O) groups excluding carboxylic acids is 1. The highest BCUT2D eigenvalue weighted by atomic mass is 32.1. The normalized spacial score (nSPS) is 10.2. The van der Waals surface area contributed by atoms with Gasteiger partial charge in [0.05, 0.1) is 11.6 Å². The van der Waals surface area contributed by atoms with E-state index in [1.54, 1.807) is 29.6 Å². The quantitative estimate of drug-likeness (QED) is 0.764. The van der Waals surface area contributed by atoms with Gasteiger partial charge in [0.25, 0.3) is 5.91 Å². The molecule has 0 fully saturated rings. The SMILES string of the molecule is CCc1ccc(-c2nc(C(=O)Nc3ccc(C#N)cc3)cs2)cc1. The van der Waals surface area contributed by atoms with Crippen molar-refractivity contribution in [3.8, 4) is 16.6 Å². The molecule has 0 aliphatic carbocycles. The van der Waals surface area contributed by atoms with Crippen LogP contribution in [0.25, 0.3) is 10.6 Å². The van der Waals surface area contributed by atoms with Gasteiger partial charge in [-0.15, -0.1) is 11.3 Å². The average Bonchev–Trinajstić information content (AvgIpc) is 3.13. The van der Waals surface area contributed by atoms with Crippen LogP contribution in [0.15, 0.2) is 53.9 Å². The molecule has 1 aromatic heterocycles. The smallest absolute Gasteiger partial charge is 0.275 e. The standard InChI is InChI=1S/C19H15N3OS/c1-2-13-3-7-15(8-4-13)19-22-17(12-24-19)18(23)21-16-9-5-14(11-20)6-10-16/h3-10,12H,2H2,1H3,(H,21,23). The molecule has 2 aromatic carbocycles. The Balaban J connectivity index is 1.74. The number of hydrogen-bond acceptors (Lipinski definition) is 4. The maximum absolute atomic E-state index is 12.3. The summed E-state index contributed by atoms with van der Waals surface area (Å²) in [7, 11) is 0. The van der Waals surface area contributed by atoms with E-state index < -0.39 is 0 Å². The molecule has 5 heteroatoms. The van der Waals surface area contributed by atoms with Crippen LogP contribution in [-0.4, -0.2) is 10.9 Å². The van der Waals surface area contributed by atoms with Crippen molar-refractivity contribution in [1.82, 2.24) is 4.98 Å². The van der Waals surface area contributed by atoms with Gasteiger partial charge in [-0.2, -0.15) is 5.26 Å². The van der Waals surface area contributed by atoms with Crippen molar-refractivity contribution < 1.29 is 4.79 Å². The van der Waals surface area contributed by atoms with Crippen LogP contribution in [-0.2, 0) is 6.42 Å². The molecular formula is C19H15N3OS. The average molecular weight is 333 g/mol. The Labute approximate surface area is 144 Å². The van der Waals surface area contributed by atoms with E-state index in [1.807, 2.05) is 18.2 Å². The number of carbonyl (C=O) groups is 1. The van der Waals surface area contributed by atoms with Crippen molar-refractivity contribution in [2.24, 2.45) is 0 Å². The van der Waals surface area contributed by atoms with Crippen LogP contribution in [0.5, 0.6) is 0 Å². The molecule has 4 nitrogen and oxygen atoms in total. The molecule has 0 aliphatic heterocycles. The lowest BCUT2D eigenvalue weighted by Gasteiger charge is -2.02. The molecule has 0 aliphatic rings. The fourth-order valence-electron chi connectivity index (χ4n) is 2.22. The first kappa shape index (κ1) is 15.9. The van der Waals surface area contributed by atoms with Gasteiger partial charge in [0.2, 0.25) is 0 Å². The molecule has 3 rings (SSSR count). The number of aromatic nitrogens is 1. The predicted octanol–water partition coefficient (Wildman–Crippen LogP) is 4.50. The number of nitriles is 1. The van der Waals surface area contributed by atoms with E-state index in [0.717, 1.165) is 17.0 Å². The van der Waals surface area contributed by atoms with Gasteiger partial charge in [0.1, 0.15) is 10.7 Å². The number of rotatable bonds is 4. The zero-order chi connectivity index (χ0) is 16.9.